The number of para-hydroxylation sites is 1. The fourth-order valence-corrected chi connectivity index (χ4v) is 3.36. The summed E-state index contributed by atoms with van der Waals surface area (Å²) in [5.74, 6) is 0.133. The summed E-state index contributed by atoms with van der Waals surface area (Å²) >= 11 is 0. The van der Waals surface area contributed by atoms with E-state index in [1.807, 2.05) is 18.2 Å². The molecule has 0 spiro atoms. The number of hydrogen-bond acceptors (Lipinski definition) is 4. The van der Waals surface area contributed by atoms with Crippen LogP contribution in [0, 0.1) is 12.8 Å². The molecule has 1 aromatic carbocycles. The average molecular weight is 327 g/mol. The van der Waals surface area contributed by atoms with Crippen molar-refractivity contribution in [3.05, 3.63) is 35.9 Å². The zero-order valence-electron chi connectivity index (χ0n) is 14.2. The molecule has 0 amide bonds. The Morgan fingerprint density at radius 1 is 1.33 bits per heavy atom. The van der Waals surface area contributed by atoms with E-state index in [4.69, 9.17) is 5.11 Å². The minimum absolute atomic E-state index is 0.149. The smallest absolute Gasteiger partial charge is 0.306 e. The van der Waals surface area contributed by atoms with Crippen LogP contribution in [0.15, 0.2) is 30.3 Å². The molecule has 1 fully saturated rings. The SMILES string of the molecule is Cc1cc(NCCCN2CCC(C(=O)O)CC2)nc2ccccc12. The van der Waals surface area contributed by atoms with Gasteiger partial charge in [0, 0.05) is 11.9 Å². The number of hydrogen-bond donors (Lipinski definition) is 2. The molecule has 0 radical (unpaired) electrons. The van der Waals surface area contributed by atoms with Crippen molar-refractivity contribution in [2.24, 2.45) is 5.92 Å². The van der Waals surface area contributed by atoms with Gasteiger partial charge in [-0.25, -0.2) is 4.98 Å². The third-order valence-corrected chi connectivity index (χ3v) is 4.82. The van der Waals surface area contributed by atoms with Crippen molar-refractivity contribution in [2.45, 2.75) is 26.2 Å². The molecular formula is C19H25N3O2. The van der Waals surface area contributed by atoms with E-state index in [1.165, 1.54) is 10.9 Å². The highest BCUT2D eigenvalue weighted by Gasteiger charge is 2.23. The van der Waals surface area contributed by atoms with Gasteiger partial charge in [0.15, 0.2) is 0 Å². The fourth-order valence-electron chi connectivity index (χ4n) is 3.36. The molecule has 5 nitrogen and oxygen atoms in total. The van der Waals surface area contributed by atoms with Gasteiger partial charge in [-0.05, 0) is 63.5 Å². The van der Waals surface area contributed by atoms with Crippen LogP contribution >= 0.6 is 0 Å². The number of aryl methyl sites for hydroxylation is 1. The van der Waals surface area contributed by atoms with E-state index < -0.39 is 5.97 Å². The molecule has 128 valence electrons. The van der Waals surface area contributed by atoms with Crippen LogP contribution in [0.1, 0.15) is 24.8 Å². The first-order chi connectivity index (χ1) is 11.6. The Kier molecular flexibility index (Phi) is 5.30. The summed E-state index contributed by atoms with van der Waals surface area (Å²) in [6, 6.07) is 10.3. The highest BCUT2D eigenvalue weighted by Crippen LogP contribution is 2.20. The minimum atomic E-state index is -0.644. The molecule has 0 aliphatic carbocycles. The van der Waals surface area contributed by atoms with Crippen molar-refractivity contribution in [1.29, 1.82) is 0 Å². The second kappa shape index (κ2) is 7.62. The molecule has 5 heteroatoms. The Morgan fingerprint density at radius 2 is 2.08 bits per heavy atom. The number of carboxylic acid groups (broad SMARTS) is 1. The topological polar surface area (TPSA) is 65.5 Å². The van der Waals surface area contributed by atoms with Crippen LogP contribution in [0.25, 0.3) is 10.9 Å². The number of nitrogens with one attached hydrogen (secondary N) is 1. The number of pyridine rings is 1. The summed E-state index contributed by atoms with van der Waals surface area (Å²) in [6.07, 6.45) is 2.58. The number of rotatable bonds is 6. The van der Waals surface area contributed by atoms with Crippen LogP contribution < -0.4 is 5.32 Å². The summed E-state index contributed by atoms with van der Waals surface area (Å²) in [4.78, 5) is 18.0. The van der Waals surface area contributed by atoms with Crippen molar-refractivity contribution < 1.29 is 9.90 Å². The molecule has 0 unspecified atom stereocenters. The van der Waals surface area contributed by atoms with Crippen LogP contribution in [-0.4, -0.2) is 47.1 Å². The number of carbonyl (C=O) groups is 1. The van der Waals surface area contributed by atoms with E-state index in [0.717, 1.165) is 56.8 Å². The van der Waals surface area contributed by atoms with E-state index in [9.17, 15) is 4.79 Å². The van der Waals surface area contributed by atoms with E-state index in [0.29, 0.717) is 0 Å². The number of fused-ring (bicyclic) bond motifs is 1. The average Bonchev–Trinajstić information content (AvgIpc) is 2.59. The Labute approximate surface area is 142 Å². The predicted molar refractivity (Wildman–Crippen MR) is 96.4 cm³/mol. The predicted octanol–water partition coefficient (Wildman–Crippen LogP) is 3.14. The van der Waals surface area contributed by atoms with Gasteiger partial charge in [0.25, 0.3) is 0 Å². The quantitative estimate of drug-likeness (QED) is 0.798. The Morgan fingerprint density at radius 3 is 2.83 bits per heavy atom. The van der Waals surface area contributed by atoms with Crippen molar-refractivity contribution in [2.75, 3.05) is 31.5 Å². The largest absolute Gasteiger partial charge is 0.481 e. The summed E-state index contributed by atoms with van der Waals surface area (Å²) in [5, 5.41) is 13.6. The maximum atomic E-state index is 11.0. The molecular weight excluding hydrogens is 302 g/mol. The molecule has 2 N–H and O–H groups in total. The van der Waals surface area contributed by atoms with Crippen LogP contribution in [0.4, 0.5) is 5.82 Å². The Balaban J connectivity index is 1.45. The number of piperidine rings is 1. The normalized spacial score (nSPS) is 16.4. The van der Waals surface area contributed by atoms with Gasteiger partial charge in [0.2, 0.25) is 0 Å². The highest BCUT2D eigenvalue weighted by molar-refractivity contribution is 5.83. The van der Waals surface area contributed by atoms with Crippen molar-refractivity contribution in [3.8, 4) is 0 Å². The lowest BCUT2D eigenvalue weighted by Gasteiger charge is -2.29. The third-order valence-electron chi connectivity index (χ3n) is 4.82. The summed E-state index contributed by atoms with van der Waals surface area (Å²) in [7, 11) is 0. The molecule has 1 saturated heterocycles. The van der Waals surface area contributed by atoms with Crippen LogP contribution in [0.2, 0.25) is 0 Å². The van der Waals surface area contributed by atoms with E-state index in [2.05, 4.69) is 34.3 Å². The molecule has 2 aromatic rings. The number of aromatic nitrogens is 1. The molecule has 0 saturated carbocycles. The Bertz CT molecular complexity index is 709. The molecule has 1 aromatic heterocycles. The van der Waals surface area contributed by atoms with Crippen molar-refractivity contribution >= 4 is 22.7 Å². The number of anilines is 1. The molecule has 1 aliphatic rings. The zero-order valence-corrected chi connectivity index (χ0v) is 14.2. The first-order valence-electron chi connectivity index (χ1n) is 8.69. The summed E-state index contributed by atoms with van der Waals surface area (Å²) < 4.78 is 0. The van der Waals surface area contributed by atoms with Crippen molar-refractivity contribution in [1.82, 2.24) is 9.88 Å². The van der Waals surface area contributed by atoms with Gasteiger partial charge in [0.1, 0.15) is 5.82 Å². The van der Waals surface area contributed by atoms with Gasteiger partial charge in [-0.15, -0.1) is 0 Å². The molecule has 0 atom stereocenters. The van der Waals surface area contributed by atoms with Gasteiger partial charge in [-0.1, -0.05) is 18.2 Å². The fraction of sp³-hybridized carbons (Fsp3) is 0.474. The van der Waals surface area contributed by atoms with E-state index in [-0.39, 0.29) is 5.92 Å². The second-order valence-electron chi connectivity index (χ2n) is 6.58. The third kappa shape index (κ3) is 4.03. The lowest BCUT2D eigenvalue weighted by atomic mass is 9.97. The van der Waals surface area contributed by atoms with Crippen LogP contribution in [-0.2, 0) is 4.79 Å². The monoisotopic (exact) mass is 327 g/mol. The summed E-state index contributed by atoms with van der Waals surface area (Å²) in [5.41, 5.74) is 2.26. The molecule has 1 aliphatic heterocycles. The number of carboxylic acids is 1. The standard InChI is InChI=1S/C19H25N3O2/c1-14-13-18(21-17-6-3-2-5-16(14)17)20-9-4-10-22-11-7-15(8-12-22)19(23)24/h2-3,5-6,13,15H,4,7-12H2,1H3,(H,20,21)(H,23,24). The van der Waals surface area contributed by atoms with Gasteiger partial charge < -0.3 is 15.3 Å². The lowest BCUT2D eigenvalue weighted by Crippen LogP contribution is -2.37. The maximum Gasteiger partial charge on any atom is 0.306 e. The molecule has 24 heavy (non-hydrogen) atoms. The molecule has 2 heterocycles. The van der Waals surface area contributed by atoms with Gasteiger partial charge >= 0.3 is 5.97 Å². The molecule has 0 bridgehead atoms. The zero-order chi connectivity index (χ0) is 16.9. The van der Waals surface area contributed by atoms with Gasteiger partial charge in [-0.3, -0.25) is 4.79 Å². The van der Waals surface area contributed by atoms with Crippen LogP contribution in [0.3, 0.4) is 0 Å². The molecule has 3 rings (SSSR count). The lowest BCUT2D eigenvalue weighted by molar-refractivity contribution is -0.143. The first-order valence-corrected chi connectivity index (χ1v) is 8.69. The number of benzene rings is 1. The Hall–Kier alpha value is -2.14. The van der Waals surface area contributed by atoms with Crippen molar-refractivity contribution in [3.63, 3.8) is 0 Å². The number of aliphatic carboxylic acids is 1. The van der Waals surface area contributed by atoms with Crippen LogP contribution in [0.5, 0.6) is 0 Å². The van der Waals surface area contributed by atoms with E-state index in [1.54, 1.807) is 0 Å². The van der Waals surface area contributed by atoms with Gasteiger partial charge in [-0.2, -0.15) is 0 Å². The highest BCUT2D eigenvalue weighted by atomic mass is 16.4. The maximum absolute atomic E-state index is 11.0. The number of likely N-dealkylation sites (tertiary alicyclic amines) is 1. The summed E-state index contributed by atoms with van der Waals surface area (Å²) in [6.45, 7) is 5.78. The second-order valence-corrected chi connectivity index (χ2v) is 6.58. The number of nitrogens with zero attached hydrogens (tertiary/aromatic N) is 2. The van der Waals surface area contributed by atoms with Gasteiger partial charge in [0.05, 0.1) is 11.4 Å². The van der Waals surface area contributed by atoms with E-state index >= 15 is 0 Å². The first kappa shape index (κ1) is 16.7. The minimum Gasteiger partial charge on any atom is -0.481 e.